The van der Waals surface area contributed by atoms with E-state index in [1.54, 1.807) is 0 Å². The van der Waals surface area contributed by atoms with E-state index in [2.05, 4.69) is 56.1 Å². The molecular weight excluding hydrogens is 627 g/mol. The number of carbonyl (C=O) groups excluding carboxylic acids is 1. The molecule has 5 fully saturated rings. The largest absolute Gasteiger partial charge is 0.468 e. The van der Waals surface area contributed by atoms with E-state index in [4.69, 9.17) is 4.74 Å². The van der Waals surface area contributed by atoms with E-state index >= 15 is 0 Å². The van der Waals surface area contributed by atoms with Gasteiger partial charge in [0.15, 0.2) is 5.41 Å². The zero-order valence-electron chi connectivity index (χ0n) is 31.6. The fourth-order valence-corrected chi connectivity index (χ4v) is 15.1. The van der Waals surface area contributed by atoms with Gasteiger partial charge in [-0.3, -0.25) is 9.00 Å². The number of nitrogens with zero attached hydrogens (tertiary/aromatic N) is 2. The van der Waals surface area contributed by atoms with Gasteiger partial charge in [-0.05, 0) is 160 Å². The number of nitrogens with one attached hydrogen (secondary N) is 1. The lowest BCUT2D eigenvalue weighted by Gasteiger charge is -2.68. The number of allylic oxidation sites excluding steroid dienone is 4. The van der Waals surface area contributed by atoms with Gasteiger partial charge in [-0.1, -0.05) is 46.3 Å². The third-order valence-corrected chi connectivity index (χ3v) is 18.1. The highest BCUT2D eigenvalue weighted by atomic mass is 32.2. The number of hydrogen-bond acceptors (Lipinski definition) is 6. The summed E-state index contributed by atoms with van der Waals surface area (Å²) in [6.45, 7) is 14.9. The van der Waals surface area contributed by atoms with Crippen LogP contribution in [0.5, 0.6) is 0 Å². The maximum atomic E-state index is 12.5. The van der Waals surface area contributed by atoms with E-state index in [1.165, 1.54) is 76.0 Å². The molecule has 0 bridgehead atoms. The number of methoxy groups -OCH3 is 1. The van der Waals surface area contributed by atoms with Crippen molar-refractivity contribution in [2.45, 2.75) is 135 Å². The number of hydrogen-bond donors (Lipinski definition) is 1. The summed E-state index contributed by atoms with van der Waals surface area (Å²) >= 11 is 0. The summed E-state index contributed by atoms with van der Waals surface area (Å²) in [5.41, 5.74) is 3.00. The van der Waals surface area contributed by atoms with E-state index in [1.807, 2.05) is 6.26 Å². The Balaban J connectivity index is 1.04. The number of carbonyl (C=O) groups is 1. The second-order valence-corrected chi connectivity index (χ2v) is 20.5. The van der Waals surface area contributed by atoms with E-state index < -0.39 is 16.2 Å². The molecule has 7 rings (SSSR count). The van der Waals surface area contributed by atoms with Gasteiger partial charge in [0.25, 0.3) is 0 Å². The molecule has 1 N–H and O–H groups in total. The molecule has 7 aliphatic rings. The van der Waals surface area contributed by atoms with Crippen molar-refractivity contribution in [1.82, 2.24) is 10.2 Å². The van der Waals surface area contributed by atoms with Gasteiger partial charge in [0.05, 0.1) is 13.2 Å². The van der Waals surface area contributed by atoms with E-state index in [0.29, 0.717) is 40.4 Å². The van der Waals surface area contributed by atoms with Crippen LogP contribution in [0.1, 0.15) is 124 Å². The Hall–Kier alpha value is -1.49. The Morgan fingerprint density at radius 3 is 2.39 bits per heavy atom. The van der Waals surface area contributed by atoms with Crippen LogP contribution in [-0.4, -0.2) is 65.4 Å². The molecule has 10 atom stereocenters. The molecule has 0 aromatic heterocycles. The van der Waals surface area contributed by atoms with Crippen LogP contribution in [0, 0.1) is 62.6 Å². The molecular formula is C42H65N3O3S. The van der Waals surface area contributed by atoms with Gasteiger partial charge in [-0.2, -0.15) is 5.26 Å². The summed E-state index contributed by atoms with van der Waals surface area (Å²) in [6.07, 6.45) is 24.2. The quantitative estimate of drug-likeness (QED) is 0.273. The summed E-state index contributed by atoms with van der Waals surface area (Å²) in [5, 5.41) is 14.6. The van der Waals surface area contributed by atoms with Gasteiger partial charge in [0.2, 0.25) is 0 Å². The van der Waals surface area contributed by atoms with Crippen molar-refractivity contribution < 1.29 is 13.7 Å². The molecule has 0 aromatic rings. The molecule has 272 valence electrons. The van der Waals surface area contributed by atoms with Crippen LogP contribution in [0.25, 0.3) is 0 Å². The van der Waals surface area contributed by atoms with Crippen molar-refractivity contribution in [3.63, 3.8) is 0 Å². The number of piperidine rings is 1. The molecule has 1 aliphatic heterocycles. The first-order valence-electron chi connectivity index (χ1n) is 20.0. The Morgan fingerprint density at radius 1 is 0.939 bits per heavy atom. The van der Waals surface area contributed by atoms with Gasteiger partial charge in [-0.15, -0.1) is 0 Å². The Kier molecular flexibility index (Phi) is 9.65. The fourth-order valence-electron chi connectivity index (χ4n) is 14.2. The van der Waals surface area contributed by atoms with Gasteiger partial charge in [0, 0.05) is 40.9 Å². The molecule has 1 saturated heterocycles. The van der Waals surface area contributed by atoms with E-state index in [-0.39, 0.29) is 11.4 Å². The molecule has 6 aliphatic carbocycles. The van der Waals surface area contributed by atoms with Crippen molar-refractivity contribution in [3.8, 4) is 6.07 Å². The summed E-state index contributed by atoms with van der Waals surface area (Å²) in [7, 11) is 0.724. The Labute approximate surface area is 300 Å². The molecule has 0 aromatic carbocycles. The number of nitriles is 1. The predicted octanol–water partition coefficient (Wildman–Crippen LogP) is 7.97. The molecule has 0 spiro atoms. The first-order valence-corrected chi connectivity index (χ1v) is 21.6. The SMILES string of the molecule is COC(=O)C1(C#N)CC=C(C2=CC[C@@]3(C)C(CC[C@@]4(C)C5CC[C@@]6(NCCN7CCC(S(C)=O)CC7)CCC[C@@H]6[C@H]5CCC43)C2(C)C)CC1. The summed E-state index contributed by atoms with van der Waals surface area (Å²) < 4.78 is 17.0. The molecule has 49 heavy (non-hydrogen) atoms. The molecule has 1 heterocycles. The Morgan fingerprint density at radius 2 is 1.71 bits per heavy atom. The molecule has 4 saturated carbocycles. The number of likely N-dealkylation sites (tertiary alicyclic amines) is 1. The number of esters is 1. The van der Waals surface area contributed by atoms with Gasteiger partial charge < -0.3 is 15.0 Å². The van der Waals surface area contributed by atoms with Crippen molar-refractivity contribution in [1.29, 1.82) is 5.26 Å². The lowest BCUT2D eigenvalue weighted by Crippen LogP contribution is -2.64. The van der Waals surface area contributed by atoms with Gasteiger partial charge >= 0.3 is 5.97 Å². The van der Waals surface area contributed by atoms with E-state index in [9.17, 15) is 14.3 Å². The second kappa shape index (κ2) is 13.2. The summed E-state index contributed by atoms with van der Waals surface area (Å²) in [5.74, 6) is 3.59. The van der Waals surface area contributed by atoms with Gasteiger partial charge in [-0.25, -0.2) is 0 Å². The van der Waals surface area contributed by atoms with Crippen LogP contribution < -0.4 is 5.32 Å². The first-order chi connectivity index (χ1) is 23.3. The number of ether oxygens (including phenoxy) is 1. The first kappa shape index (κ1) is 35.9. The Bertz CT molecular complexity index is 1420. The molecule has 7 heteroatoms. The number of rotatable bonds is 7. The van der Waals surface area contributed by atoms with Crippen molar-refractivity contribution in [2.24, 2.45) is 51.2 Å². The number of fused-ring (bicyclic) bond motifs is 7. The molecule has 0 amide bonds. The molecule has 6 nitrogen and oxygen atoms in total. The highest BCUT2D eigenvalue weighted by Gasteiger charge is 2.65. The standard InChI is InChI=1S/C42H65N3O3S/c1-38(2)32(29-11-21-41(28-43,22-12-29)37(46)48-5)13-19-40(4)35(38)15-20-39(3)33-14-23-42(18-7-8-34(42)31(33)9-10-36(39)40)44-24-27-45-25-16-30(17-26-45)49(6)47/h11,13,30-31,33-36,44H,7-10,12,14-27H2,1-6H3/t31-,33?,34+,35?,36?,39-,40-,41?,42-,49?/m0/s1. The van der Waals surface area contributed by atoms with Crippen LogP contribution in [-0.2, 0) is 20.3 Å². The molecule has 5 unspecified atom stereocenters. The topological polar surface area (TPSA) is 82.4 Å². The molecule has 0 radical (unpaired) electrons. The minimum Gasteiger partial charge on any atom is -0.468 e. The highest BCUT2D eigenvalue weighted by molar-refractivity contribution is 7.84. The average molecular weight is 692 g/mol. The van der Waals surface area contributed by atoms with Crippen LogP contribution in [0.3, 0.4) is 0 Å². The maximum Gasteiger partial charge on any atom is 0.326 e. The second-order valence-electron chi connectivity index (χ2n) is 18.8. The van der Waals surface area contributed by atoms with Crippen LogP contribution >= 0.6 is 0 Å². The summed E-state index contributed by atoms with van der Waals surface area (Å²) in [4.78, 5) is 15.2. The summed E-state index contributed by atoms with van der Waals surface area (Å²) in [6, 6.07) is 2.31. The minimum absolute atomic E-state index is 0.0783. The van der Waals surface area contributed by atoms with Crippen LogP contribution in [0.2, 0.25) is 0 Å². The van der Waals surface area contributed by atoms with E-state index in [0.717, 1.165) is 75.5 Å². The average Bonchev–Trinajstić information content (AvgIpc) is 3.52. The third-order valence-electron chi connectivity index (χ3n) is 16.7. The monoisotopic (exact) mass is 691 g/mol. The van der Waals surface area contributed by atoms with Crippen molar-refractivity contribution in [3.05, 3.63) is 23.3 Å². The van der Waals surface area contributed by atoms with Crippen molar-refractivity contribution in [2.75, 3.05) is 39.5 Å². The van der Waals surface area contributed by atoms with Gasteiger partial charge in [0.1, 0.15) is 0 Å². The zero-order valence-corrected chi connectivity index (χ0v) is 32.4. The normalized spacial score (nSPS) is 44.2. The van der Waals surface area contributed by atoms with Crippen LogP contribution in [0.15, 0.2) is 23.3 Å². The predicted molar refractivity (Wildman–Crippen MR) is 198 cm³/mol. The van der Waals surface area contributed by atoms with Crippen LogP contribution in [0.4, 0.5) is 0 Å². The third kappa shape index (κ3) is 5.76. The fraction of sp³-hybridized carbons (Fsp3) is 0.857. The zero-order chi connectivity index (χ0) is 34.8. The lowest BCUT2D eigenvalue weighted by atomic mass is 9.37. The maximum absolute atomic E-state index is 12.5. The minimum atomic E-state index is -1.03. The highest BCUT2D eigenvalue weighted by Crippen LogP contribution is 2.72. The van der Waals surface area contributed by atoms with Crippen molar-refractivity contribution >= 4 is 16.8 Å². The lowest BCUT2D eigenvalue weighted by molar-refractivity contribution is -0.175. The smallest absolute Gasteiger partial charge is 0.326 e.